The van der Waals surface area contributed by atoms with Crippen LogP contribution in [0.2, 0.25) is 0 Å². The Morgan fingerprint density at radius 2 is 1.71 bits per heavy atom. The summed E-state index contributed by atoms with van der Waals surface area (Å²) < 4.78 is 40.3. The molecule has 2 N–H and O–H groups in total. The Labute approximate surface area is 199 Å². The number of piperazine rings is 1. The summed E-state index contributed by atoms with van der Waals surface area (Å²) in [5.41, 5.74) is 1.30. The highest BCUT2D eigenvalue weighted by Gasteiger charge is 2.36. The number of carbonyl (C=O) groups is 2. The molecule has 4 heterocycles. The maximum absolute atomic E-state index is 15.1. The molecule has 10 nitrogen and oxygen atoms in total. The summed E-state index contributed by atoms with van der Waals surface area (Å²) in [5.74, 6) is -2.70. The zero-order chi connectivity index (χ0) is 24.9. The summed E-state index contributed by atoms with van der Waals surface area (Å²) in [6.45, 7) is 2.48. The SMILES string of the molecule is COc1cc(OC)c(F)c(N2Cc3cnc4[nH]c(C(=O)N5CCNCC5)cc4c3N(C)C2=O)c1F. The second-order valence-corrected chi connectivity index (χ2v) is 8.30. The van der Waals surface area contributed by atoms with Gasteiger partial charge in [-0.2, -0.15) is 0 Å². The number of rotatable bonds is 4. The number of urea groups is 1. The molecule has 5 rings (SSSR count). The van der Waals surface area contributed by atoms with E-state index in [-0.39, 0.29) is 24.0 Å². The molecule has 0 unspecified atom stereocenters. The molecule has 0 radical (unpaired) electrons. The largest absolute Gasteiger partial charge is 0.493 e. The molecule has 2 aliphatic heterocycles. The van der Waals surface area contributed by atoms with Crippen molar-refractivity contribution in [2.75, 3.05) is 57.2 Å². The van der Waals surface area contributed by atoms with Crippen molar-refractivity contribution in [3.63, 3.8) is 0 Å². The van der Waals surface area contributed by atoms with E-state index in [0.717, 1.165) is 24.1 Å². The average Bonchev–Trinajstić information content (AvgIpc) is 3.31. The minimum atomic E-state index is -1.02. The highest BCUT2D eigenvalue weighted by atomic mass is 19.1. The quantitative estimate of drug-likeness (QED) is 0.588. The first-order valence-electron chi connectivity index (χ1n) is 11.0. The molecule has 1 saturated heterocycles. The number of H-pyrrole nitrogens is 1. The number of nitrogens with zero attached hydrogens (tertiary/aromatic N) is 4. The molecule has 0 atom stereocenters. The van der Waals surface area contributed by atoms with Crippen molar-refractivity contribution in [2.24, 2.45) is 0 Å². The number of pyridine rings is 1. The van der Waals surface area contributed by atoms with E-state index in [9.17, 15) is 9.59 Å². The van der Waals surface area contributed by atoms with E-state index < -0.39 is 23.4 Å². The maximum atomic E-state index is 15.1. The average molecular weight is 486 g/mol. The van der Waals surface area contributed by atoms with Crippen molar-refractivity contribution in [2.45, 2.75) is 6.54 Å². The number of fused-ring (bicyclic) bond motifs is 3. The summed E-state index contributed by atoms with van der Waals surface area (Å²) in [6.07, 6.45) is 1.52. The molecule has 1 aromatic carbocycles. The van der Waals surface area contributed by atoms with Gasteiger partial charge in [-0.15, -0.1) is 0 Å². The molecular formula is C23H24F2N6O4. The summed E-state index contributed by atoms with van der Waals surface area (Å²) in [5, 5.41) is 3.77. The number of nitrogens with one attached hydrogen (secondary N) is 2. The Morgan fingerprint density at radius 1 is 1.06 bits per heavy atom. The number of hydrogen-bond acceptors (Lipinski definition) is 6. The van der Waals surface area contributed by atoms with E-state index in [1.54, 1.807) is 11.0 Å². The Hall–Kier alpha value is -3.93. The molecule has 3 aromatic rings. The minimum absolute atomic E-state index is 0.141. The molecule has 12 heteroatoms. The van der Waals surface area contributed by atoms with Crippen molar-refractivity contribution >= 4 is 34.3 Å². The van der Waals surface area contributed by atoms with Gasteiger partial charge in [0.15, 0.2) is 23.1 Å². The predicted octanol–water partition coefficient (Wildman–Crippen LogP) is 2.48. The number of ether oxygens (including phenoxy) is 2. The first kappa shape index (κ1) is 22.8. The zero-order valence-corrected chi connectivity index (χ0v) is 19.4. The fourth-order valence-electron chi connectivity index (χ4n) is 4.57. The van der Waals surface area contributed by atoms with Gasteiger partial charge in [-0.05, 0) is 6.07 Å². The topological polar surface area (TPSA) is 103 Å². The highest BCUT2D eigenvalue weighted by molar-refractivity contribution is 6.12. The maximum Gasteiger partial charge on any atom is 0.329 e. The third-order valence-corrected chi connectivity index (χ3v) is 6.34. The smallest absolute Gasteiger partial charge is 0.329 e. The summed E-state index contributed by atoms with van der Waals surface area (Å²) >= 11 is 0. The molecule has 1 fully saturated rings. The Bertz CT molecular complexity index is 1310. The standard InChI is InChI=1S/C23H24F2N6O4/c1-29-19-12(10-27-21-13(19)8-14(28-21)22(32)30-6-4-26-5-7-30)11-31(23(29)33)20-17(24)15(34-2)9-16(35-3)18(20)25/h8-10,26H,4-7,11H2,1-3H3,(H,27,28). The van der Waals surface area contributed by atoms with Gasteiger partial charge in [0.2, 0.25) is 0 Å². The summed E-state index contributed by atoms with van der Waals surface area (Å²) in [6, 6.07) is 2.09. The first-order chi connectivity index (χ1) is 16.8. The van der Waals surface area contributed by atoms with Crippen LogP contribution < -0.4 is 24.6 Å². The molecule has 0 aliphatic carbocycles. The van der Waals surface area contributed by atoms with Gasteiger partial charge in [0.25, 0.3) is 5.91 Å². The second-order valence-electron chi connectivity index (χ2n) is 8.30. The van der Waals surface area contributed by atoms with Crippen LogP contribution in [0.5, 0.6) is 11.5 Å². The Morgan fingerprint density at radius 3 is 2.34 bits per heavy atom. The van der Waals surface area contributed by atoms with Crippen LogP contribution in [0.1, 0.15) is 16.1 Å². The lowest BCUT2D eigenvalue weighted by atomic mass is 10.1. The van der Waals surface area contributed by atoms with E-state index in [1.807, 2.05) is 0 Å². The van der Waals surface area contributed by atoms with Crippen molar-refractivity contribution in [3.05, 3.63) is 41.2 Å². The molecule has 2 aromatic heterocycles. The van der Waals surface area contributed by atoms with Crippen LogP contribution in [0.4, 0.5) is 25.0 Å². The van der Waals surface area contributed by atoms with E-state index in [1.165, 1.54) is 32.4 Å². The molecule has 2 aliphatic rings. The van der Waals surface area contributed by atoms with Gasteiger partial charge in [-0.3, -0.25) is 14.6 Å². The van der Waals surface area contributed by atoms with Crippen molar-refractivity contribution in [3.8, 4) is 11.5 Å². The Balaban J connectivity index is 1.57. The number of aromatic nitrogens is 2. The number of hydrogen-bond donors (Lipinski definition) is 2. The number of halogens is 2. The zero-order valence-electron chi connectivity index (χ0n) is 19.4. The van der Waals surface area contributed by atoms with Gasteiger partial charge in [0.05, 0.1) is 26.5 Å². The number of amides is 3. The molecule has 0 spiro atoms. The summed E-state index contributed by atoms with van der Waals surface area (Å²) in [4.78, 5) is 37.8. The van der Waals surface area contributed by atoms with Gasteiger partial charge in [0.1, 0.15) is 17.0 Å². The van der Waals surface area contributed by atoms with Crippen molar-refractivity contribution in [1.29, 1.82) is 0 Å². The van der Waals surface area contributed by atoms with Gasteiger partial charge in [-0.1, -0.05) is 0 Å². The van der Waals surface area contributed by atoms with Crippen LogP contribution >= 0.6 is 0 Å². The highest BCUT2D eigenvalue weighted by Crippen LogP contribution is 2.42. The number of aromatic amines is 1. The van der Waals surface area contributed by atoms with Gasteiger partial charge in [-0.25, -0.2) is 18.6 Å². The number of benzene rings is 1. The number of carbonyl (C=O) groups excluding carboxylic acids is 2. The third-order valence-electron chi connectivity index (χ3n) is 6.34. The van der Waals surface area contributed by atoms with Crippen LogP contribution in [0.15, 0.2) is 18.3 Å². The second kappa shape index (κ2) is 8.69. The van der Waals surface area contributed by atoms with E-state index in [2.05, 4.69) is 15.3 Å². The normalized spacial score (nSPS) is 16.0. The molecular weight excluding hydrogens is 462 g/mol. The predicted molar refractivity (Wildman–Crippen MR) is 124 cm³/mol. The first-order valence-corrected chi connectivity index (χ1v) is 11.0. The van der Waals surface area contributed by atoms with Crippen molar-refractivity contribution in [1.82, 2.24) is 20.2 Å². The summed E-state index contributed by atoms with van der Waals surface area (Å²) in [7, 11) is 3.99. The van der Waals surface area contributed by atoms with E-state index in [0.29, 0.717) is 41.1 Å². The lowest BCUT2D eigenvalue weighted by Gasteiger charge is -2.35. The van der Waals surface area contributed by atoms with E-state index >= 15 is 8.78 Å². The Kier molecular flexibility index (Phi) is 5.67. The number of methoxy groups -OCH3 is 2. The van der Waals surface area contributed by atoms with Crippen LogP contribution in [-0.4, -0.2) is 74.3 Å². The van der Waals surface area contributed by atoms with Gasteiger partial charge < -0.3 is 24.7 Å². The molecule has 0 saturated carbocycles. The monoisotopic (exact) mass is 486 g/mol. The molecule has 35 heavy (non-hydrogen) atoms. The molecule has 184 valence electrons. The van der Waals surface area contributed by atoms with Crippen LogP contribution in [0.25, 0.3) is 11.0 Å². The van der Waals surface area contributed by atoms with Crippen molar-refractivity contribution < 1.29 is 27.8 Å². The third kappa shape index (κ3) is 3.60. The fraction of sp³-hybridized carbons (Fsp3) is 0.348. The lowest BCUT2D eigenvalue weighted by molar-refractivity contribution is 0.0731. The number of anilines is 2. The van der Waals surface area contributed by atoms with Crippen LogP contribution in [0, 0.1) is 11.6 Å². The lowest BCUT2D eigenvalue weighted by Crippen LogP contribution is -2.46. The van der Waals surface area contributed by atoms with Crippen LogP contribution in [-0.2, 0) is 6.54 Å². The van der Waals surface area contributed by atoms with Gasteiger partial charge in [0, 0.05) is 56.4 Å². The van der Waals surface area contributed by atoms with E-state index in [4.69, 9.17) is 9.47 Å². The minimum Gasteiger partial charge on any atom is -0.493 e. The van der Waals surface area contributed by atoms with Gasteiger partial charge >= 0.3 is 6.03 Å². The van der Waals surface area contributed by atoms with Crippen LogP contribution in [0.3, 0.4) is 0 Å². The fourth-order valence-corrected chi connectivity index (χ4v) is 4.57. The molecule has 0 bridgehead atoms. The molecule has 3 amide bonds.